The minimum Gasteiger partial charge on any atom is -0.395 e. The minimum absolute atomic E-state index is 0.0834. The number of amides is 1. The van der Waals surface area contributed by atoms with Crippen LogP contribution in [0.25, 0.3) is 22.0 Å². The molecule has 26 heavy (non-hydrogen) atoms. The number of piperazine rings is 1. The third-order valence-electron chi connectivity index (χ3n) is 5.10. The number of carbonyl (C=O) groups is 1. The van der Waals surface area contributed by atoms with Gasteiger partial charge in [0.25, 0.3) is 5.91 Å². The van der Waals surface area contributed by atoms with Crippen molar-refractivity contribution in [2.45, 2.75) is 0 Å². The van der Waals surface area contributed by atoms with E-state index in [2.05, 4.69) is 34.1 Å². The molecule has 3 aromatic rings. The lowest BCUT2D eigenvalue weighted by Crippen LogP contribution is -2.49. The molecule has 0 aliphatic carbocycles. The Morgan fingerprint density at radius 3 is 2.42 bits per heavy atom. The van der Waals surface area contributed by atoms with Crippen molar-refractivity contribution >= 4 is 16.8 Å². The van der Waals surface area contributed by atoms with Gasteiger partial charge in [0.2, 0.25) is 0 Å². The predicted molar refractivity (Wildman–Crippen MR) is 103 cm³/mol. The average molecular weight is 349 g/mol. The number of hydrogen-bond donors (Lipinski definition) is 2. The number of nitrogens with one attached hydrogen (secondary N) is 1. The van der Waals surface area contributed by atoms with Crippen molar-refractivity contribution in [2.75, 3.05) is 39.3 Å². The maximum atomic E-state index is 12.7. The van der Waals surface area contributed by atoms with Crippen LogP contribution in [0.1, 0.15) is 10.4 Å². The summed E-state index contributed by atoms with van der Waals surface area (Å²) in [6.45, 7) is 3.92. The zero-order chi connectivity index (χ0) is 17.9. The van der Waals surface area contributed by atoms with Gasteiger partial charge in [-0.15, -0.1) is 0 Å². The maximum Gasteiger partial charge on any atom is 0.253 e. The van der Waals surface area contributed by atoms with Crippen LogP contribution in [-0.2, 0) is 0 Å². The number of nitrogens with zero attached hydrogens (tertiary/aromatic N) is 2. The zero-order valence-corrected chi connectivity index (χ0v) is 14.7. The molecule has 0 unspecified atom stereocenters. The number of H-pyrrole nitrogens is 1. The Balaban J connectivity index is 1.46. The molecule has 2 N–H and O–H groups in total. The number of benzene rings is 2. The van der Waals surface area contributed by atoms with E-state index < -0.39 is 0 Å². The van der Waals surface area contributed by atoms with Gasteiger partial charge in [-0.05, 0) is 40.8 Å². The van der Waals surface area contributed by atoms with Gasteiger partial charge in [-0.2, -0.15) is 0 Å². The molecule has 2 heterocycles. The molecule has 1 fully saturated rings. The van der Waals surface area contributed by atoms with Crippen LogP contribution in [-0.4, -0.2) is 65.1 Å². The molecule has 1 aromatic heterocycles. The largest absolute Gasteiger partial charge is 0.395 e. The fourth-order valence-corrected chi connectivity index (χ4v) is 3.53. The monoisotopic (exact) mass is 349 g/mol. The van der Waals surface area contributed by atoms with E-state index in [9.17, 15) is 4.79 Å². The summed E-state index contributed by atoms with van der Waals surface area (Å²) in [5, 5.41) is 10.2. The van der Waals surface area contributed by atoms with Gasteiger partial charge in [-0.25, -0.2) is 0 Å². The van der Waals surface area contributed by atoms with Gasteiger partial charge in [-0.1, -0.05) is 24.3 Å². The second-order valence-corrected chi connectivity index (χ2v) is 6.71. The topological polar surface area (TPSA) is 59.6 Å². The highest BCUT2D eigenvalue weighted by Gasteiger charge is 2.21. The van der Waals surface area contributed by atoms with Crippen LogP contribution in [0.3, 0.4) is 0 Å². The quantitative estimate of drug-likeness (QED) is 0.761. The minimum atomic E-state index is 0.0834. The van der Waals surface area contributed by atoms with Gasteiger partial charge in [0.15, 0.2) is 0 Å². The number of aromatic nitrogens is 1. The number of rotatable bonds is 4. The van der Waals surface area contributed by atoms with Crippen LogP contribution < -0.4 is 0 Å². The summed E-state index contributed by atoms with van der Waals surface area (Å²) in [5.41, 5.74) is 4.08. The second kappa shape index (κ2) is 7.32. The number of carbonyl (C=O) groups excluding carboxylic acids is 1. The van der Waals surface area contributed by atoms with E-state index in [-0.39, 0.29) is 12.5 Å². The molecule has 4 rings (SSSR count). The number of aliphatic hydroxyl groups is 1. The van der Waals surface area contributed by atoms with E-state index in [0.717, 1.165) is 35.3 Å². The number of fused-ring (bicyclic) bond motifs is 1. The first kappa shape index (κ1) is 16.8. The molecule has 134 valence electrons. The van der Waals surface area contributed by atoms with Gasteiger partial charge in [0.1, 0.15) is 0 Å². The highest BCUT2D eigenvalue weighted by molar-refractivity contribution is 5.95. The molecular formula is C21H23N3O2. The summed E-state index contributed by atoms with van der Waals surface area (Å²) in [4.78, 5) is 20.0. The molecule has 0 bridgehead atoms. The Hall–Kier alpha value is -2.63. The molecule has 1 saturated heterocycles. The Labute approximate surface area is 152 Å². The summed E-state index contributed by atoms with van der Waals surface area (Å²) in [6, 6.07) is 16.2. The molecule has 0 saturated carbocycles. The van der Waals surface area contributed by atoms with Crippen molar-refractivity contribution in [2.24, 2.45) is 0 Å². The fraction of sp³-hybridized carbons (Fsp3) is 0.286. The number of aliphatic hydroxyl groups excluding tert-OH is 1. The number of hydrogen-bond acceptors (Lipinski definition) is 3. The standard InChI is InChI=1S/C21H23N3O2/c25-14-13-23-9-11-24(12-10-23)21(26)18-4-1-16(2-5-18)19-6-3-17-7-8-22-20(17)15-19/h1-8,15,22,25H,9-14H2. The van der Waals surface area contributed by atoms with Crippen LogP contribution in [0.5, 0.6) is 0 Å². The Morgan fingerprint density at radius 1 is 0.962 bits per heavy atom. The molecule has 1 aliphatic heterocycles. The molecule has 2 aromatic carbocycles. The van der Waals surface area contributed by atoms with Gasteiger partial charge < -0.3 is 15.0 Å². The molecule has 5 heteroatoms. The summed E-state index contributed by atoms with van der Waals surface area (Å²) >= 11 is 0. The lowest BCUT2D eigenvalue weighted by atomic mass is 10.0. The van der Waals surface area contributed by atoms with Gasteiger partial charge >= 0.3 is 0 Å². The molecule has 0 radical (unpaired) electrons. The first-order valence-corrected chi connectivity index (χ1v) is 9.05. The van der Waals surface area contributed by atoms with Crippen molar-refractivity contribution < 1.29 is 9.90 Å². The predicted octanol–water partition coefficient (Wildman–Crippen LogP) is 2.59. The Bertz CT molecular complexity index is 893. The highest BCUT2D eigenvalue weighted by Crippen LogP contribution is 2.24. The summed E-state index contributed by atoms with van der Waals surface area (Å²) in [7, 11) is 0. The molecular weight excluding hydrogens is 326 g/mol. The summed E-state index contributed by atoms with van der Waals surface area (Å²) in [5.74, 6) is 0.0834. The van der Waals surface area contributed by atoms with Crippen molar-refractivity contribution in [3.8, 4) is 11.1 Å². The molecule has 0 atom stereocenters. The molecule has 0 spiro atoms. The van der Waals surface area contributed by atoms with E-state index >= 15 is 0 Å². The smallest absolute Gasteiger partial charge is 0.253 e. The molecule has 1 amide bonds. The lowest BCUT2D eigenvalue weighted by Gasteiger charge is -2.34. The van der Waals surface area contributed by atoms with E-state index in [1.54, 1.807) is 0 Å². The van der Waals surface area contributed by atoms with E-state index in [4.69, 9.17) is 5.11 Å². The normalized spacial score (nSPS) is 15.5. The zero-order valence-electron chi connectivity index (χ0n) is 14.7. The third kappa shape index (κ3) is 3.36. The second-order valence-electron chi connectivity index (χ2n) is 6.71. The van der Waals surface area contributed by atoms with Crippen LogP contribution in [0.2, 0.25) is 0 Å². The van der Waals surface area contributed by atoms with E-state index in [1.165, 1.54) is 5.39 Å². The van der Waals surface area contributed by atoms with Crippen molar-refractivity contribution in [3.05, 3.63) is 60.3 Å². The van der Waals surface area contributed by atoms with Crippen LogP contribution in [0, 0.1) is 0 Å². The first-order chi connectivity index (χ1) is 12.7. The van der Waals surface area contributed by atoms with Crippen LogP contribution in [0.15, 0.2) is 54.7 Å². The van der Waals surface area contributed by atoms with Gasteiger partial charge in [0, 0.05) is 50.0 Å². The van der Waals surface area contributed by atoms with Crippen molar-refractivity contribution in [3.63, 3.8) is 0 Å². The average Bonchev–Trinajstić information content (AvgIpc) is 3.16. The van der Waals surface area contributed by atoms with Crippen LogP contribution in [0.4, 0.5) is 0 Å². The lowest BCUT2D eigenvalue weighted by molar-refractivity contribution is 0.0615. The van der Waals surface area contributed by atoms with Crippen LogP contribution >= 0.6 is 0 Å². The molecule has 1 aliphatic rings. The van der Waals surface area contributed by atoms with Gasteiger partial charge in [-0.3, -0.25) is 9.69 Å². The Morgan fingerprint density at radius 2 is 1.69 bits per heavy atom. The highest BCUT2D eigenvalue weighted by atomic mass is 16.3. The SMILES string of the molecule is O=C(c1ccc(-c2ccc3cc[nH]c3c2)cc1)N1CCN(CCO)CC1. The number of β-amino-alcohol motifs (C(OH)–C–C–N with tert-alkyl or cyclic N) is 1. The van der Waals surface area contributed by atoms with E-state index in [0.29, 0.717) is 19.6 Å². The first-order valence-electron chi connectivity index (χ1n) is 9.05. The van der Waals surface area contributed by atoms with Crippen molar-refractivity contribution in [1.29, 1.82) is 0 Å². The summed E-state index contributed by atoms with van der Waals surface area (Å²) < 4.78 is 0. The summed E-state index contributed by atoms with van der Waals surface area (Å²) in [6.07, 6.45) is 1.94. The third-order valence-corrected chi connectivity index (χ3v) is 5.10. The van der Waals surface area contributed by atoms with Crippen molar-refractivity contribution in [1.82, 2.24) is 14.8 Å². The van der Waals surface area contributed by atoms with Gasteiger partial charge in [0.05, 0.1) is 6.61 Å². The number of aromatic amines is 1. The Kier molecular flexibility index (Phi) is 4.73. The fourth-order valence-electron chi connectivity index (χ4n) is 3.53. The maximum absolute atomic E-state index is 12.7. The molecule has 5 nitrogen and oxygen atoms in total. The van der Waals surface area contributed by atoms with E-state index in [1.807, 2.05) is 35.4 Å².